The standard InChI is InChI=1S/C25H23FN4O2S2/c26-17-9-5-10-18(13-17)30-24(32)22-21-16(12-15-6-2-1-3-7-15)8-4-11-19(21)34-23(22)28-25(30)33-14-20(31)29-27/h1-3,5-7,9-10,13,16H,4,8,11-12,14,27H2,(H,29,31). The van der Waals surface area contributed by atoms with Crippen LogP contribution in [0.2, 0.25) is 0 Å². The fraction of sp³-hybridized carbons (Fsp3) is 0.240. The predicted molar refractivity (Wildman–Crippen MR) is 134 cm³/mol. The Kier molecular flexibility index (Phi) is 6.49. The Balaban J connectivity index is 1.68. The molecule has 174 valence electrons. The fourth-order valence-corrected chi connectivity index (χ4v) is 6.75. The van der Waals surface area contributed by atoms with E-state index in [9.17, 15) is 14.0 Å². The molecule has 34 heavy (non-hydrogen) atoms. The van der Waals surface area contributed by atoms with E-state index >= 15 is 0 Å². The number of aryl methyl sites for hydroxylation is 1. The van der Waals surface area contributed by atoms with Crippen LogP contribution in [0.5, 0.6) is 0 Å². The molecule has 1 aliphatic rings. The summed E-state index contributed by atoms with van der Waals surface area (Å²) in [4.78, 5) is 32.4. The molecule has 2 aromatic heterocycles. The maximum atomic E-state index is 14.1. The Morgan fingerprint density at radius 1 is 1.24 bits per heavy atom. The molecule has 0 fully saturated rings. The molecule has 6 nitrogen and oxygen atoms in total. The predicted octanol–water partition coefficient (Wildman–Crippen LogP) is 4.33. The maximum absolute atomic E-state index is 14.1. The van der Waals surface area contributed by atoms with E-state index in [-0.39, 0.29) is 17.2 Å². The summed E-state index contributed by atoms with van der Waals surface area (Å²) in [6.45, 7) is 0. The lowest BCUT2D eigenvalue weighted by Crippen LogP contribution is -2.32. The number of thioether (sulfide) groups is 1. The molecule has 3 N–H and O–H groups in total. The number of aromatic nitrogens is 2. The number of fused-ring (bicyclic) bond motifs is 3. The molecule has 0 saturated heterocycles. The van der Waals surface area contributed by atoms with Gasteiger partial charge in [-0.1, -0.05) is 48.2 Å². The summed E-state index contributed by atoms with van der Waals surface area (Å²) in [6, 6.07) is 16.2. The zero-order chi connectivity index (χ0) is 23.7. The SMILES string of the molecule is NNC(=O)CSc1nc2sc3c(c2c(=O)n1-c1cccc(F)c1)C(Cc1ccccc1)CCC3. The molecule has 9 heteroatoms. The third-order valence-corrected chi connectivity index (χ3v) is 8.16. The number of amides is 1. The average Bonchev–Trinajstić information content (AvgIpc) is 3.23. The van der Waals surface area contributed by atoms with Crippen LogP contribution >= 0.6 is 23.1 Å². The number of nitrogens with zero attached hydrogens (tertiary/aromatic N) is 2. The molecule has 0 aliphatic heterocycles. The van der Waals surface area contributed by atoms with Gasteiger partial charge in [-0.2, -0.15) is 0 Å². The van der Waals surface area contributed by atoms with E-state index in [0.29, 0.717) is 21.1 Å². The Hall–Kier alpha value is -3.01. The molecule has 5 rings (SSSR count). The van der Waals surface area contributed by atoms with Crippen LogP contribution < -0.4 is 16.8 Å². The van der Waals surface area contributed by atoms with Gasteiger partial charge in [-0.25, -0.2) is 15.2 Å². The smallest absolute Gasteiger partial charge is 0.267 e. The topological polar surface area (TPSA) is 90.0 Å². The van der Waals surface area contributed by atoms with E-state index < -0.39 is 11.7 Å². The lowest BCUT2D eigenvalue weighted by atomic mass is 9.82. The Labute approximate surface area is 204 Å². The quantitative estimate of drug-likeness (QED) is 0.137. The molecule has 2 aromatic carbocycles. The van der Waals surface area contributed by atoms with Crippen molar-refractivity contribution in [2.45, 2.75) is 36.8 Å². The summed E-state index contributed by atoms with van der Waals surface area (Å²) in [5.41, 5.74) is 4.55. The number of carbonyl (C=O) groups is 1. The summed E-state index contributed by atoms with van der Waals surface area (Å²) >= 11 is 2.66. The normalized spacial score (nSPS) is 15.3. The molecule has 4 aromatic rings. The van der Waals surface area contributed by atoms with Gasteiger partial charge in [0.2, 0.25) is 5.91 Å². The maximum Gasteiger partial charge on any atom is 0.267 e. The number of halogens is 1. The molecular formula is C25H23FN4O2S2. The van der Waals surface area contributed by atoms with Crippen molar-refractivity contribution >= 4 is 39.2 Å². The van der Waals surface area contributed by atoms with Gasteiger partial charge < -0.3 is 0 Å². The van der Waals surface area contributed by atoms with Crippen LogP contribution in [-0.2, 0) is 17.6 Å². The van der Waals surface area contributed by atoms with Gasteiger partial charge in [-0.3, -0.25) is 19.6 Å². The van der Waals surface area contributed by atoms with E-state index in [2.05, 4.69) is 17.6 Å². The molecule has 1 atom stereocenters. The summed E-state index contributed by atoms with van der Waals surface area (Å²) in [7, 11) is 0. The summed E-state index contributed by atoms with van der Waals surface area (Å²) in [5.74, 6) is 4.59. The highest BCUT2D eigenvalue weighted by atomic mass is 32.2. The minimum atomic E-state index is -0.450. The molecule has 2 heterocycles. The molecule has 1 amide bonds. The van der Waals surface area contributed by atoms with Gasteiger partial charge in [0, 0.05) is 4.88 Å². The molecule has 0 bridgehead atoms. The second kappa shape index (κ2) is 9.69. The van der Waals surface area contributed by atoms with Crippen LogP contribution in [0.15, 0.2) is 64.5 Å². The van der Waals surface area contributed by atoms with Crippen molar-refractivity contribution in [1.29, 1.82) is 0 Å². The first-order valence-corrected chi connectivity index (χ1v) is 12.9. The van der Waals surface area contributed by atoms with Gasteiger partial charge in [0.05, 0.1) is 16.8 Å². The van der Waals surface area contributed by atoms with E-state index in [0.717, 1.165) is 43.0 Å². The van der Waals surface area contributed by atoms with Crippen molar-refractivity contribution in [3.8, 4) is 5.69 Å². The van der Waals surface area contributed by atoms with Gasteiger partial charge in [0.1, 0.15) is 10.6 Å². The molecule has 0 spiro atoms. The highest BCUT2D eigenvalue weighted by molar-refractivity contribution is 7.99. The van der Waals surface area contributed by atoms with E-state index in [4.69, 9.17) is 10.8 Å². The number of hydrogen-bond acceptors (Lipinski definition) is 6. The second-order valence-corrected chi connectivity index (χ2v) is 10.3. The number of benzene rings is 2. The van der Waals surface area contributed by atoms with Crippen molar-refractivity contribution in [3.05, 3.63) is 86.8 Å². The summed E-state index contributed by atoms with van der Waals surface area (Å²) < 4.78 is 15.5. The first kappa shape index (κ1) is 22.8. The van der Waals surface area contributed by atoms with Crippen LogP contribution in [0, 0.1) is 5.82 Å². The Bertz CT molecular complexity index is 1420. The monoisotopic (exact) mass is 494 g/mol. The Morgan fingerprint density at radius 3 is 2.82 bits per heavy atom. The third-order valence-electron chi connectivity index (χ3n) is 6.06. The zero-order valence-corrected chi connectivity index (χ0v) is 19.9. The lowest BCUT2D eigenvalue weighted by molar-refractivity contribution is -0.118. The first-order valence-electron chi connectivity index (χ1n) is 11.1. The fourth-order valence-electron chi connectivity index (χ4n) is 4.58. The van der Waals surface area contributed by atoms with E-state index in [1.165, 1.54) is 27.1 Å². The van der Waals surface area contributed by atoms with Crippen molar-refractivity contribution < 1.29 is 9.18 Å². The highest BCUT2D eigenvalue weighted by Crippen LogP contribution is 2.42. The number of thiophene rings is 1. The number of nitrogens with one attached hydrogen (secondary N) is 1. The molecule has 1 unspecified atom stereocenters. The van der Waals surface area contributed by atoms with Crippen LogP contribution in [0.25, 0.3) is 15.9 Å². The minimum Gasteiger partial charge on any atom is -0.294 e. The molecule has 0 saturated carbocycles. The number of rotatable bonds is 6. The highest BCUT2D eigenvalue weighted by Gasteiger charge is 2.29. The van der Waals surface area contributed by atoms with Gasteiger partial charge >= 0.3 is 0 Å². The molecule has 0 radical (unpaired) electrons. The summed E-state index contributed by atoms with van der Waals surface area (Å²) in [5, 5.41) is 0.947. The van der Waals surface area contributed by atoms with Crippen LogP contribution in [0.1, 0.15) is 34.8 Å². The molecular weight excluding hydrogens is 471 g/mol. The largest absolute Gasteiger partial charge is 0.294 e. The van der Waals surface area contributed by atoms with Crippen molar-refractivity contribution in [3.63, 3.8) is 0 Å². The van der Waals surface area contributed by atoms with Crippen LogP contribution in [-0.4, -0.2) is 21.2 Å². The van der Waals surface area contributed by atoms with Gasteiger partial charge in [0.25, 0.3) is 5.56 Å². The number of hydrogen-bond donors (Lipinski definition) is 2. The van der Waals surface area contributed by atoms with Gasteiger partial charge in [-0.05, 0) is 60.9 Å². The number of hydrazine groups is 1. The van der Waals surface area contributed by atoms with Crippen LogP contribution in [0.3, 0.4) is 0 Å². The van der Waals surface area contributed by atoms with Crippen molar-refractivity contribution in [1.82, 2.24) is 15.0 Å². The van der Waals surface area contributed by atoms with Crippen LogP contribution in [0.4, 0.5) is 4.39 Å². The van der Waals surface area contributed by atoms with Gasteiger partial charge in [-0.15, -0.1) is 11.3 Å². The zero-order valence-electron chi connectivity index (χ0n) is 18.3. The first-order chi connectivity index (χ1) is 16.5. The van der Waals surface area contributed by atoms with Crippen molar-refractivity contribution in [2.75, 3.05) is 5.75 Å². The lowest BCUT2D eigenvalue weighted by Gasteiger charge is -2.23. The summed E-state index contributed by atoms with van der Waals surface area (Å²) in [6.07, 6.45) is 3.83. The van der Waals surface area contributed by atoms with Crippen molar-refractivity contribution in [2.24, 2.45) is 5.84 Å². The van der Waals surface area contributed by atoms with E-state index in [1.54, 1.807) is 23.5 Å². The van der Waals surface area contributed by atoms with E-state index in [1.807, 2.05) is 18.2 Å². The minimum absolute atomic E-state index is 0.00845. The second-order valence-electron chi connectivity index (χ2n) is 8.27. The Morgan fingerprint density at radius 2 is 2.06 bits per heavy atom. The molecule has 1 aliphatic carbocycles. The number of nitrogens with two attached hydrogens (primary N) is 1. The average molecular weight is 495 g/mol. The number of carbonyl (C=O) groups excluding carboxylic acids is 1. The van der Waals surface area contributed by atoms with Gasteiger partial charge in [0.15, 0.2) is 5.16 Å². The third kappa shape index (κ3) is 4.38.